The maximum absolute atomic E-state index is 13.6. The maximum atomic E-state index is 13.6. The Labute approximate surface area is 174 Å². The molecular weight excluding hydrogens is 390 g/mol. The molecule has 1 N–H and O–H groups in total. The van der Waals surface area contributed by atoms with E-state index < -0.39 is 16.0 Å². The molecule has 0 saturated carbocycles. The standard InChI is InChI=1S/C22H33NO5S/c1-14-15(2)20(16(3)17-7-8-21(4,5)28-19(14)17)29(26,27)23-11-9-22(6,10-12-23)13-18(24)25/h7-13H2,1-6H3,(H,24,25). The molecule has 0 unspecified atom stereocenters. The van der Waals surface area contributed by atoms with E-state index in [2.05, 4.69) is 13.8 Å². The number of carboxylic acids is 1. The molecule has 0 bridgehead atoms. The van der Waals surface area contributed by atoms with E-state index in [0.717, 1.165) is 40.8 Å². The highest BCUT2D eigenvalue weighted by Crippen LogP contribution is 2.44. The Bertz CT molecular complexity index is 941. The van der Waals surface area contributed by atoms with Gasteiger partial charge in [0.25, 0.3) is 0 Å². The molecule has 2 heterocycles. The number of aliphatic carboxylic acids is 1. The lowest BCUT2D eigenvalue weighted by Crippen LogP contribution is -2.43. The molecule has 7 heteroatoms. The Morgan fingerprint density at radius 3 is 2.17 bits per heavy atom. The maximum Gasteiger partial charge on any atom is 0.303 e. The van der Waals surface area contributed by atoms with Crippen LogP contribution in [0.2, 0.25) is 0 Å². The summed E-state index contributed by atoms with van der Waals surface area (Å²) in [6.07, 6.45) is 2.83. The number of nitrogens with zero attached hydrogens (tertiary/aromatic N) is 1. The summed E-state index contributed by atoms with van der Waals surface area (Å²) in [6, 6.07) is 0. The minimum absolute atomic E-state index is 0.0734. The summed E-state index contributed by atoms with van der Waals surface area (Å²) in [5.74, 6) is 0.00612. The number of ether oxygens (including phenoxy) is 1. The van der Waals surface area contributed by atoms with Crippen molar-refractivity contribution in [3.8, 4) is 5.75 Å². The van der Waals surface area contributed by atoms with Crippen LogP contribution in [0.5, 0.6) is 5.75 Å². The largest absolute Gasteiger partial charge is 0.487 e. The first-order valence-corrected chi connectivity index (χ1v) is 11.7. The van der Waals surface area contributed by atoms with E-state index in [4.69, 9.17) is 9.84 Å². The minimum atomic E-state index is -3.66. The summed E-state index contributed by atoms with van der Waals surface area (Å²) in [6.45, 7) is 12.4. The molecule has 0 amide bonds. The highest BCUT2D eigenvalue weighted by molar-refractivity contribution is 7.89. The third-order valence-corrected chi connectivity index (χ3v) is 8.95. The fourth-order valence-corrected chi connectivity index (χ4v) is 6.64. The predicted octanol–water partition coefficient (Wildman–Crippen LogP) is 3.98. The third-order valence-electron chi connectivity index (χ3n) is 6.77. The topological polar surface area (TPSA) is 83.9 Å². The van der Waals surface area contributed by atoms with Gasteiger partial charge in [-0.15, -0.1) is 0 Å². The molecule has 6 nitrogen and oxygen atoms in total. The monoisotopic (exact) mass is 423 g/mol. The Balaban J connectivity index is 1.97. The highest BCUT2D eigenvalue weighted by Gasteiger charge is 2.39. The number of rotatable bonds is 4. The number of hydrogen-bond acceptors (Lipinski definition) is 4. The number of sulfonamides is 1. The molecule has 162 valence electrons. The Morgan fingerprint density at radius 2 is 1.62 bits per heavy atom. The van der Waals surface area contributed by atoms with Crippen LogP contribution in [0.4, 0.5) is 0 Å². The van der Waals surface area contributed by atoms with Gasteiger partial charge in [-0.25, -0.2) is 8.42 Å². The van der Waals surface area contributed by atoms with Gasteiger partial charge in [-0.3, -0.25) is 4.79 Å². The van der Waals surface area contributed by atoms with Gasteiger partial charge in [0.2, 0.25) is 10.0 Å². The summed E-state index contributed by atoms with van der Waals surface area (Å²) in [7, 11) is -3.66. The van der Waals surface area contributed by atoms with Crippen molar-refractivity contribution in [3.05, 3.63) is 22.3 Å². The van der Waals surface area contributed by atoms with E-state index in [9.17, 15) is 13.2 Å². The van der Waals surface area contributed by atoms with Gasteiger partial charge in [-0.1, -0.05) is 6.92 Å². The van der Waals surface area contributed by atoms with Gasteiger partial charge in [0, 0.05) is 13.1 Å². The molecule has 0 atom stereocenters. The number of carboxylic acid groups (broad SMARTS) is 1. The molecule has 29 heavy (non-hydrogen) atoms. The fraction of sp³-hybridized carbons (Fsp3) is 0.682. The van der Waals surface area contributed by atoms with Gasteiger partial charge in [-0.2, -0.15) is 4.31 Å². The molecule has 3 rings (SSSR count). The quantitative estimate of drug-likeness (QED) is 0.792. The lowest BCUT2D eigenvalue weighted by molar-refractivity contribution is -0.140. The smallest absolute Gasteiger partial charge is 0.303 e. The van der Waals surface area contributed by atoms with E-state index in [1.807, 2.05) is 27.7 Å². The van der Waals surface area contributed by atoms with Gasteiger partial charge < -0.3 is 9.84 Å². The normalized spacial score (nSPS) is 21.3. The average Bonchev–Trinajstić information content (AvgIpc) is 2.58. The van der Waals surface area contributed by atoms with Crippen LogP contribution >= 0.6 is 0 Å². The second-order valence-electron chi connectivity index (χ2n) is 9.66. The molecule has 1 saturated heterocycles. The van der Waals surface area contributed by atoms with Gasteiger partial charge in [0.05, 0.1) is 11.3 Å². The summed E-state index contributed by atoms with van der Waals surface area (Å²) in [5, 5.41) is 9.14. The molecule has 2 aliphatic heterocycles. The minimum Gasteiger partial charge on any atom is -0.487 e. The first-order chi connectivity index (χ1) is 13.3. The second-order valence-corrected chi connectivity index (χ2v) is 11.5. The van der Waals surface area contributed by atoms with Crippen LogP contribution in [0.1, 0.15) is 68.7 Å². The fourth-order valence-electron chi connectivity index (χ4n) is 4.67. The summed E-state index contributed by atoms with van der Waals surface area (Å²) in [5.41, 5.74) is 2.82. The van der Waals surface area contributed by atoms with Gasteiger partial charge >= 0.3 is 5.97 Å². The first kappa shape index (κ1) is 22.1. The molecule has 0 aliphatic carbocycles. The van der Waals surface area contributed by atoms with E-state index in [1.54, 1.807) is 0 Å². The zero-order chi connectivity index (χ0) is 21.8. The molecule has 0 aromatic heterocycles. The van der Waals surface area contributed by atoms with Crippen LogP contribution < -0.4 is 4.74 Å². The van der Waals surface area contributed by atoms with Crippen molar-refractivity contribution in [1.82, 2.24) is 4.31 Å². The van der Waals surface area contributed by atoms with Crippen LogP contribution in [-0.2, 0) is 21.2 Å². The predicted molar refractivity (Wildman–Crippen MR) is 112 cm³/mol. The lowest BCUT2D eigenvalue weighted by Gasteiger charge is -2.39. The van der Waals surface area contributed by atoms with Crippen molar-refractivity contribution < 1.29 is 23.1 Å². The zero-order valence-electron chi connectivity index (χ0n) is 18.4. The molecule has 1 aromatic rings. The molecule has 0 spiro atoms. The Hall–Kier alpha value is -1.60. The Morgan fingerprint density at radius 1 is 1.03 bits per heavy atom. The van der Waals surface area contributed by atoms with E-state index >= 15 is 0 Å². The van der Waals surface area contributed by atoms with Gasteiger partial charge in [0.15, 0.2) is 0 Å². The van der Waals surface area contributed by atoms with Crippen LogP contribution in [-0.4, -0.2) is 42.5 Å². The first-order valence-electron chi connectivity index (χ1n) is 10.3. The lowest BCUT2D eigenvalue weighted by atomic mass is 9.78. The van der Waals surface area contributed by atoms with Crippen molar-refractivity contribution in [1.29, 1.82) is 0 Å². The SMILES string of the molecule is Cc1c(C)c(S(=O)(=O)N2CCC(C)(CC(=O)O)CC2)c(C)c2c1OC(C)(C)CC2. The molecule has 1 fully saturated rings. The van der Waals surface area contributed by atoms with E-state index in [0.29, 0.717) is 30.8 Å². The van der Waals surface area contributed by atoms with Crippen molar-refractivity contribution in [2.75, 3.05) is 13.1 Å². The molecule has 2 aliphatic rings. The van der Waals surface area contributed by atoms with Crippen molar-refractivity contribution in [3.63, 3.8) is 0 Å². The van der Waals surface area contributed by atoms with E-state index in [1.165, 1.54) is 4.31 Å². The molecule has 1 aromatic carbocycles. The number of benzene rings is 1. The molecule has 0 radical (unpaired) electrons. The highest BCUT2D eigenvalue weighted by atomic mass is 32.2. The zero-order valence-corrected chi connectivity index (χ0v) is 19.2. The summed E-state index contributed by atoms with van der Waals surface area (Å²) in [4.78, 5) is 11.5. The number of carbonyl (C=O) groups is 1. The van der Waals surface area contributed by atoms with Crippen LogP contribution in [0.15, 0.2) is 4.90 Å². The number of fused-ring (bicyclic) bond motifs is 1. The molecular formula is C22H33NO5S. The van der Waals surface area contributed by atoms with Crippen molar-refractivity contribution in [2.24, 2.45) is 5.41 Å². The van der Waals surface area contributed by atoms with Crippen molar-refractivity contribution in [2.45, 2.75) is 84.1 Å². The third kappa shape index (κ3) is 4.04. The van der Waals surface area contributed by atoms with Crippen molar-refractivity contribution >= 4 is 16.0 Å². The summed E-state index contributed by atoms with van der Waals surface area (Å²) >= 11 is 0. The number of hydrogen-bond donors (Lipinski definition) is 1. The average molecular weight is 424 g/mol. The number of piperidine rings is 1. The Kier molecular flexibility index (Phi) is 5.54. The second kappa shape index (κ2) is 7.27. The van der Waals surface area contributed by atoms with E-state index in [-0.39, 0.29) is 17.4 Å². The van der Waals surface area contributed by atoms with Crippen LogP contribution in [0.25, 0.3) is 0 Å². The van der Waals surface area contributed by atoms with Crippen LogP contribution in [0.3, 0.4) is 0 Å². The van der Waals surface area contributed by atoms with Crippen LogP contribution in [0, 0.1) is 26.2 Å². The summed E-state index contributed by atoms with van der Waals surface area (Å²) < 4.78 is 35.0. The van der Waals surface area contributed by atoms with Gasteiger partial charge in [-0.05, 0) is 88.0 Å². The van der Waals surface area contributed by atoms with Gasteiger partial charge in [0.1, 0.15) is 11.4 Å².